The molecule has 2 atom stereocenters. The van der Waals surface area contributed by atoms with E-state index in [4.69, 9.17) is 22.7 Å². The Hall–Kier alpha value is -0.720. The topological polar surface area (TPSA) is 58.8 Å². The van der Waals surface area contributed by atoms with E-state index >= 15 is 0 Å². The Balaban J connectivity index is 1.82. The largest absolute Gasteiger partial charge is 0.392 e. The summed E-state index contributed by atoms with van der Waals surface area (Å²) in [4.78, 5) is 17.0. The normalized spacial score (nSPS) is 29.5. The first-order valence-electron chi connectivity index (χ1n) is 6.49. The average Bonchev–Trinajstić information content (AvgIpc) is 2.75. The molecule has 0 aliphatic carbocycles. The highest BCUT2D eigenvalue weighted by molar-refractivity contribution is 7.80. The molecule has 0 bridgehead atoms. The van der Waals surface area contributed by atoms with Gasteiger partial charge in [0.1, 0.15) is 0 Å². The Morgan fingerprint density at radius 3 is 2.56 bits per heavy atom. The summed E-state index contributed by atoms with van der Waals surface area (Å²) in [5, 5.41) is 0. The molecule has 2 heterocycles. The van der Waals surface area contributed by atoms with Crippen molar-refractivity contribution in [1.29, 1.82) is 0 Å². The second-order valence-corrected chi connectivity index (χ2v) is 5.56. The highest BCUT2D eigenvalue weighted by atomic mass is 32.1. The van der Waals surface area contributed by atoms with Crippen molar-refractivity contribution < 1.29 is 9.53 Å². The summed E-state index contributed by atoms with van der Waals surface area (Å²) in [5.74, 6) is 0.294. The maximum atomic E-state index is 12.3. The van der Waals surface area contributed by atoms with Gasteiger partial charge >= 0.3 is 0 Å². The van der Waals surface area contributed by atoms with E-state index < -0.39 is 0 Å². The fraction of sp³-hybridized carbons (Fsp3) is 0.833. The molecule has 2 saturated heterocycles. The van der Waals surface area contributed by atoms with E-state index in [1.54, 1.807) is 0 Å². The first-order valence-corrected chi connectivity index (χ1v) is 6.90. The maximum absolute atomic E-state index is 12.3. The molecule has 18 heavy (non-hydrogen) atoms. The molecule has 2 rings (SSSR count). The number of piperazine rings is 1. The van der Waals surface area contributed by atoms with Gasteiger partial charge in [-0.2, -0.15) is 0 Å². The molecule has 2 N–H and O–H groups in total. The van der Waals surface area contributed by atoms with Gasteiger partial charge in [-0.25, -0.2) is 0 Å². The monoisotopic (exact) mass is 271 g/mol. The number of hydrogen-bond donors (Lipinski definition) is 1. The zero-order valence-corrected chi connectivity index (χ0v) is 11.6. The average molecular weight is 271 g/mol. The molecule has 2 aliphatic rings. The number of thiocarbonyl (C=S) groups is 1. The Kier molecular flexibility index (Phi) is 4.53. The van der Waals surface area contributed by atoms with Gasteiger partial charge in [-0.1, -0.05) is 12.2 Å². The molecule has 0 aromatic carbocycles. The maximum Gasteiger partial charge on any atom is 0.228 e. The number of carbonyl (C=O) groups is 1. The molecule has 2 fully saturated rings. The van der Waals surface area contributed by atoms with E-state index in [1.807, 2.05) is 11.8 Å². The number of hydrogen-bond acceptors (Lipinski definition) is 4. The van der Waals surface area contributed by atoms with E-state index in [9.17, 15) is 4.79 Å². The van der Waals surface area contributed by atoms with Crippen LogP contribution in [0.2, 0.25) is 0 Å². The Morgan fingerprint density at radius 1 is 1.39 bits per heavy atom. The Bertz CT molecular complexity index is 329. The van der Waals surface area contributed by atoms with Crippen molar-refractivity contribution in [2.24, 2.45) is 11.7 Å². The third kappa shape index (κ3) is 3.18. The number of carbonyl (C=O) groups excluding carboxylic acids is 1. The van der Waals surface area contributed by atoms with Crippen LogP contribution in [0.1, 0.15) is 13.3 Å². The van der Waals surface area contributed by atoms with E-state index in [0.29, 0.717) is 18.1 Å². The lowest BCUT2D eigenvalue weighted by molar-refractivity contribution is -0.138. The van der Waals surface area contributed by atoms with Crippen LogP contribution >= 0.6 is 12.2 Å². The molecule has 0 aromatic heterocycles. The van der Waals surface area contributed by atoms with Crippen molar-refractivity contribution in [1.82, 2.24) is 9.80 Å². The second-order valence-electron chi connectivity index (χ2n) is 5.04. The van der Waals surface area contributed by atoms with Crippen LogP contribution < -0.4 is 5.73 Å². The summed E-state index contributed by atoms with van der Waals surface area (Å²) < 4.78 is 5.46. The Morgan fingerprint density at radius 2 is 2.06 bits per heavy atom. The molecule has 0 spiro atoms. The summed E-state index contributed by atoms with van der Waals surface area (Å²) in [6.07, 6.45) is 0.916. The van der Waals surface area contributed by atoms with Gasteiger partial charge in [0.05, 0.1) is 17.0 Å². The van der Waals surface area contributed by atoms with Crippen molar-refractivity contribution in [3.8, 4) is 0 Å². The van der Waals surface area contributed by atoms with Crippen LogP contribution in [-0.2, 0) is 9.53 Å². The molecule has 0 radical (unpaired) electrons. The zero-order chi connectivity index (χ0) is 13.1. The van der Waals surface area contributed by atoms with Gasteiger partial charge in [0.15, 0.2) is 0 Å². The summed E-state index contributed by atoms with van der Waals surface area (Å²) in [7, 11) is 0. The van der Waals surface area contributed by atoms with Crippen LogP contribution in [0.4, 0.5) is 0 Å². The van der Waals surface area contributed by atoms with Crippen molar-refractivity contribution in [2.75, 3.05) is 39.3 Å². The van der Waals surface area contributed by atoms with Gasteiger partial charge in [0.2, 0.25) is 5.91 Å². The second kappa shape index (κ2) is 5.95. The molecular weight excluding hydrogens is 250 g/mol. The fourth-order valence-corrected chi connectivity index (χ4v) is 2.82. The van der Waals surface area contributed by atoms with Gasteiger partial charge < -0.3 is 15.4 Å². The van der Waals surface area contributed by atoms with Crippen LogP contribution in [0, 0.1) is 5.92 Å². The molecule has 0 aromatic rings. The summed E-state index contributed by atoms with van der Waals surface area (Å²) in [6, 6.07) is 0. The predicted molar refractivity (Wildman–Crippen MR) is 73.3 cm³/mol. The van der Waals surface area contributed by atoms with Gasteiger partial charge in [0.25, 0.3) is 0 Å². The summed E-state index contributed by atoms with van der Waals surface area (Å²) in [6.45, 7) is 6.59. The Labute approximate surface area is 113 Å². The fourth-order valence-electron chi connectivity index (χ4n) is 2.64. The van der Waals surface area contributed by atoms with Crippen LogP contribution in [0.5, 0.6) is 0 Å². The third-order valence-corrected chi connectivity index (χ3v) is 3.89. The van der Waals surface area contributed by atoms with Crippen LogP contribution in [0.25, 0.3) is 0 Å². The van der Waals surface area contributed by atoms with Crippen molar-refractivity contribution in [2.45, 2.75) is 19.4 Å². The molecule has 102 valence electrons. The number of rotatable bonds is 3. The lowest BCUT2D eigenvalue weighted by Gasteiger charge is -2.36. The smallest absolute Gasteiger partial charge is 0.228 e. The van der Waals surface area contributed by atoms with Crippen molar-refractivity contribution in [3.63, 3.8) is 0 Å². The molecule has 2 unspecified atom stereocenters. The van der Waals surface area contributed by atoms with Gasteiger partial charge in [-0.3, -0.25) is 9.69 Å². The van der Waals surface area contributed by atoms with Gasteiger partial charge in [-0.15, -0.1) is 0 Å². The minimum atomic E-state index is 0.0483. The molecule has 5 nitrogen and oxygen atoms in total. The number of nitrogens with two attached hydrogens (primary N) is 1. The summed E-state index contributed by atoms with van der Waals surface area (Å²) in [5.41, 5.74) is 5.53. The van der Waals surface area contributed by atoms with E-state index in [2.05, 4.69) is 4.90 Å². The van der Waals surface area contributed by atoms with E-state index in [1.165, 1.54) is 0 Å². The lowest BCUT2D eigenvalue weighted by atomic mass is 10.0. The molecule has 0 saturated carbocycles. The van der Waals surface area contributed by atoms with Gasteiger partial charge in [-0.05, 0) is 13.3 Å². The highest BCUT2D eigenvalue weighted by Gasteiger charge is 2.34. The first-order chi connectivity index (χ1) is 8.58. The number of nitrogens with zero attached hydrogens (tertiary/aromatic N) is 2. The summed E-state index contributed by atoms with van der Waals surface area (Å²) >= 11 is 4.90. The number of ether oxygens (including phenoxy) is 1. The van der Waals surface area contributed by atoms with E-state index in [-0.39, 0.29) is 17.9 Å². The minimum absolute atomic E-state index is 0.0483. The third-order valence-electron chi connectivity index (χ3n) is 3.76. The van der Waals surface area contributed by atoms with Crippen LogP contribution in [-0.4, -0.2) is 66.1 Å². The van der Waals surface area contributed by atoms with Crippen LogP contribution in [0.3, 0.4) is 0 Å². The predicted octanol–water partition coefficient (Wildman–Crippen LogP) is -0.158. The molecule has 2 aliphatic heterocycles. The highest BCUT2D eigenvalue weighted by Crippen LogP contribution is 2.23. The lowest BCUT2D eigenvalue weighted by Crippen LogP contribution is -2.52. The van der Waals surface area contributed by atoms with Crippen molar-refractivity contribution in [3.05, 3.63) is 0 Å². The SMILES string of the molecule is CC1OCCC1C(=O)N1CCN(CC(N)=S)CC1. The van der Waals surface area contributed by atoms with Crippen molar-refractivity contribution >= 4 is 23.1 Å². The standard InChI is InChI=1S/C12H21N3O2S/c1-9-10(2-7-17-9)12(16)15-5-3-14(4-6-15)8-11(13)18/h9-10H,2-8H2,1H3,(H2,13,18). The van der Waals surface area contributed by atoms with Gasteiger partial charge in [0, 0.05) is 39.3 Å². The quantitative estimate of drug-likeness (QED) is 0.723. The first kappa shape index (κ1) is 13.7. The molecule has 6 heteroatoms. The molecular formula is C12H21N3O2S. The number of amides is 1. The van der Waals surface area contributed by atoms with E-state index in [0.717, 1.165) is 32.6 Å². The zero-order valence-electron chi connectivity index (χ0n) is 10.8. The van der Waals surface area contributed by atoms with Crippen LogP contribution in [0.15, 0.2) is 0 Å². The minimum Gasteiger partial charge on any atom is -0.392 e. The molecule has 1 amide bonds.